The summed E-state index contributed by atoms with van der Waals surface area (Å²) in [6, 6.07) is 5.99. The summed E-state index contributed by atoms with van der Waals surface area (Å²) in [5.74, 6) is 0.491. The van der Waals surface area contributed by atoms with E-state index in [9.17, 15) is 9.18 Å². The predicted octanol–water partition coefficient (Wildman–Crippen LogP) is 1.74. The van der Waals surface area contributed by atoms with Crippen LogP contribution in [0.5, 0.6) is 0 Å². The van der Waals surface area contributed by atoms with Crippen LogP contribution in [0.2, 0.25) is 0 Å². The summed E-state index contributed by atoms with van der Waals surface area (Å²) >= 11 is 0. The van der Waals surface area contributed by atoms with Gasteiger partial charge in [0.15, 0.2) is 0 Å². The Balaban J connectivity index is 1.68. The molecular formula is C15H18FN5O. The van der Waals surface area contributed by atoms with Gasteiger partial charge in [0.2, 0.25) is 11.7 Å². The average molecular weight is 303 g/mol. The fraction of sp³-hybridized carbons (Fsp3) is 0.467. The summed E-state index contributed by atoms with van der Waals surface area (Å²) < 4.78 is 13.2. The van der Waals surface area contributed by atoms with Crippen LogP contribution in [0, 0.1) is 11.7 Å². The minimum absolute atomic E-state index is 0.00487. The second kappa shape index (κ2) is 6.21. The minimum Gasteiger partial charge on any atom is -0.341 e. The molecule has 1 saturated heterocycles. The highest BCUT2D eigenvalue weighted by Crippen LogP contribution is 2.16. The van der Waals surface area contributed by atoms with Crippen molar-refractivity contribution in [2.75, 3.05) is 13.1 Å². The number of benzene rings is 1. The fourth-order valence-corrected chi connectivity index (χ4v) is 2.69. The van der Waals surface area contributed by atoms with Gasteiger partial charge in [-0.25, -0.2) is 4.39 Å². The van der Waals surface area contributed by atoms with E-state index in [1.165, 1.54) is 16.9 Å². The fourth-order valence-electron chi connectivity index (χ4n) is 2.69. The molecule has 0 bridgehead atoms. The number of likely N-dealkylation sites (tertiary alicyclic amines) is 1. The molecule has 7 heteroatoms. The number of amides is 1. The van der Waals surface area contributed by atoms with Crippen molar-refractivity contribution in [2.24, 2.45) is 5.92 Å². The molecule has 3 rings (SSSR count). The topological polar surface area (TPSA) is 63.9 Å². The monoisotopic (exact) mass is 303 g/mol. The number of piperidine rings is 1. The molecule has 0 radical (unpaired) electrons. The Kier molecular flexibility index (Phi) is 4.13. The lowest BCUT2D eigenvalue weighted by Crippen LogP contribution is -2.41. The lowest BCUT2D eigenvalue weighted by Gasteiger charge is -2.30. The van der Waals surface area contributed by atoms with Gasteiger partial charge in [-0.2, -0.15) is 4.80 Å². The van der Waals surface area contributed by atoms with Crippen LogP contribution in [0.3, 0.4) is 0 Å². The molecule has 1 aliphatic rings. The van der Waals surface area contributed by atoms with Gasteiger partial charge in [-0.05, 0) is 36.1 Å². The number of hydrogen-bond acceptors (Lipinski definition) is 4. The summed E-state index contributed by atoms with van der Waals surface area (Å²) in [5.41, 5.74) is 0.547. The maximum absolute atomic E-state index is 13.2. The lowest BCUT2D eigenvalue weighted by atomic mass is 10.0. The lowest BCUT2D eigenvalue weighted by molar-refractivity contribution is -0.134. The Morgan fingerprint density at radius 1 is 1.45 bits per heavy atom. The molecule has 1 amide bonds. The first-order valence-electron chi connectivity index (χ1n) is 7.43. The molecule has 1 fully saturated rings. The highest BCUT2D eigenvalue weighted by atomic mass is 19.1. The quantitative estimate of drug-likeness (QED) is 0.866. The second-order valence-corrected chi connectivity index (χ2v) is 5.74. The number of carbonyl (C=O) groups is 1. The van der Waals surface area contributed by atoms with Crippen molar-refractivity contribution in [3.05, 3.63) is 30.1 Å². The van der Waals surface area contributed by atoms with Gasteiger partial charge in [-0.15, -0.1) is 10.2 Å². The van der Waals surface area contributed by atoms with E-state index in [1.807, 2.05) is 4.90 Å². The van der Waals surface area contributed by atoms with E-state index >= 15 is 0 Å². The number of halogens is 1. The first-order valence-corrected chi connectivity index (χ1v) is 7.43. The van der Waals surface area contributed by atoms with Crippen molar-refractivity contribution < 1.29 is 9.18 Å². The summed E-state index contributed by atoms with van der Waals surface area (Å²) in [6.45, 7) is 3.78. The van der Waals surface area contributed by atoms with E-state index < -0.39 is 0 Å². The van der Waals surface area contributed by atoms with Crippen molar-refractivity contribution >= 4 is 5.91 Å². The van der Waals surface area contributed by atoms with Gasteiger partial charge in [0.1, 0.15) is 12.4 Å². The Hall–Kier alpha value is -2.31. The van der Waals surface area contributed by atoms with Gasteiger partial charge in [0, 0.05) is 18.7 Å². The van der Waals surface area contributed by atoms with Crippen LogP contribution in [0.4, 0.5) is 4.39 Å². The zero-order valence-corrected chi connectivity index (χ0v) is 12.4. The van der Waals surface area contributed by atoms with Crippen molar-refractivity contribution in [3.63, 3.8) is 0 Å². The molecule has 0 unspecified atom stereocenters. The molecule has 1 aromatic heterocycles. The van der Waals surface area contributed by atoms with E-state index in [-0.39, 0.29) is 18.3 Å². The summed E-state index contributed by atoms with van der Waals surface area (Å²) in [5, 5.41) is 11.9. The largest absolute Gasteiger partial charge is 0.341 e. The molecule has 0 spiro atoms. The Bertz CT molecular complexity index is 671. The Labute approximate surface area is 127 Å². The van der Waals surface area contributed by atoms with Crippen LogP contribution < -0.4 is 0 Å². The second-order valence-electron chi connectivity index (χ2n) is 5.74. The molecule has 6 nitrogen and oxygen atoms in total. The van der Waals surface area contributed by atoms with E-state index in [0.717, 1.165) is 25.9 Å². The van der Waals surface area contributed by atoms with E-state index in [0.29, 0.717) is 17.3 Å². The SMILES string of the molecule is C[C@@H]1CCCN(C(=O)Cn2nnc(-c3cccc(F)c3)n2)C1. The maximum atomic E-state index is 13.2. The smallest absolute Gasteiger partial charge is 0.246 e. The molecule has 2 aromatic rings. The van der Waals surface area contributed by atoms with Crippen LogP contribution in [-0.2, 0) is 11.3 Å². The Morgan fingerprint density at radius 2 is 2.32 bits per heavy atom. The third-order valence-corrected chi connectivity index (χ3v) is 3.82. The molecule has 0 N–H and O–H groups in total. The number of rotatable bonds is 3. The van der Waals surface area contributed by atoms with Gasteiger partial charge in [0.05, 0.1) is 0 Å². The van der Waals surface area contributed by atoms with Gasteiger partial charge in [0.25, 0.3) is 0 Å². The number of aromatic nitrogens is 4. The van der Waals surface area contributed by atoms with Crippen molar-refractivity contribution in [3.8, 4) is 11.4 Å². The summed E-state index contributed by atoms with van der Waals surface area (Å²) in [4.78, 5) is 15.4. The standard InChI is InChI=1S/C15H18FN5O/c1-11-4-3-7-20(9-11)14(22)10-21-18-15(17-19-21)12-5-2-6-13(16)8-12/h2,5-6,8,11H,3-4,7,9-10H2,1H3/t11-/m1/s1. The third-order valence-electron chi connectivity index (χ3n) is 3.82. The van der Waals surface area contributed by atoms with Crippen molar-refractivity contribution in [1.82, 2.24) is 25.1 Å². The van der Waals surface area contributed by atoms with Crippen LogP contribution in [0.25, 0.3) is 11.4 Å². The first kappa shape index (κ1) is 14.6. The van der Waals surface area contributed by atoms with Crippen LogP contribution >= 0.6 is 0 Å². The van der Waals surface area contributed by atoms with Crippen LogP contribution in [-0.4, -0.2) is 44.1 Å². The molecule has 2 heterocycles. The van der Waals surface area contributed by atoms with E-state index in [4.69, 9.17) is 0 Å². The van der Waals surface area contributed by atoms with Gasteiger partial charge in [-0.3, -0.25) is 4.79 Å². The van der Waals surface area contributed by atoms with Crippen LogP contribution in [0.1, 0.15) is 19.8 Å². The molecule has 0 aliphatic carbocycles. The summed E-state index contributed by atoms with van der Waals surface area (Å²) in [7, 11) is 0. The Morgan fingerprint density at radius 3 is 3.09 bits per heavy atom. The van der Waals surface area contributed by atoms with E-state index in [2.05, 4.69) is 22.3 Å². The number of carbonyl (C=O) groups excluding carboxylic acids is 1. The summed E-state index contributed by atoms with van der Waals surface area (Å²) in [6.07, 6.45) is 2.20. The first-order chi connectivity index (χ1) is 10.6. The van der Waals surface area contributed by atoms with Crippen LogP contribution in [0.15, 0.2) is 24.3 Å². The highest BCUT2D eigenvalue weighted by molar-refractivity contribution is 5.75. The normalized spacial score (nSPS) is 18.5. The molecule has 1 aromatic carbocycles. The number of nitrogens with zero attached hydrogens (tertiary/aromatic N) is 5. The zero-order chi connectivity index (χ0) is 15.5. The van der Waals surface area contributed by atoms with Crippen molar-refractivity contribution in [1.29, 1.82) is 0 Å². The van der Waals surface area contributed by atoms with E-state index in [1.54, 1.807) is 12.1 Å². The minimum atomic E-state index is -0.354. The van der Waals surface area contributed by atoms with Gasteiger partial charge >= 0.3 is 0 Å². The highest BCUT2D eigenvalue weighted by Gasteiger charge is 2.21. The van der Waals surface area contributed by atoms with Crippen molar-refractivity contribution in [2.45, 2.75) is 26.3 Å². The maximum Gasteiger partial charge on any atom is 0.246 e. The predicted molar refractivity (Wildman–Crippen MR) is 78.2 cm³/mol. The third kappa shape index (κ3) is 3.29. The average Bonchev–Trinajstić information content (AvgIpc) is 2.96. The molecule has 1 aliphatic heterocycles. The number of hydrogen-bond donors (Lipinski definition) is 0. The zero-order valence-electron chi connectivity index (χ0n) is 12.4. The molecule has 0 saturated carbocycles. The van der Waals surface area contributed by atoms with Gasteiger partial charge in [-0.1, -0.05) is 19.1 Å². The molecule has 1 atom stereocenters. The molecular weight excluding hydrogens is 285 g/mol. The molecule has 22 heavy (non-hydrogen) atoms. The number of tetrazole rings is 1. The molecule has 116 valence electrons. The van der Waals surface area contributed by atoms with Gasteiger partial charge < -0.3 is 4.90 Å².